The average Bonchev–Trinajstić information content (AvgIpc) is 2.18. The van der Waals surface area contributed by atoms with E-state index in [0.29, 0.717) is 15.8 Å². The Hall–Kier alpha value is -0.260. The third kappa shape index (κ3) is 4.16. The summed E-state index contributed by atoms with van der Waals surface area (Å²) >= 11 is 3.33. The highest BCUT2D eigenvalue weighted by Crippen LogP contribution is 2.34. The fourth-order valence-corrected chi connectivity index (χ4v) is 3.12. The third-order valence-corrected chi connectivity index (χ3v) is 4.23. The van der Waals surface area contributed by atoms with Gasteiger partial charge in [-0.25, -0.2) is 8.42 Å². The number of hydrogen-bond donors (Lipinski definition) is 0. The molecule has 0 aromatic heterocycles. The zero-order valence-corrected chi connectivity index (χ0v) is 13.0. The summed E-state index contributed by atoms with van der Waals surface area (Å²) in [6.45, 7) is 4.06. The molecule has 1 rings (SSSR count). The standard InChI is InChI=1S/C11H14BrClO3S/c1-7(2)8-4-9(6-17(13,14)15)11(12)10(5-8)16-3/h4-5,7H,6H2,1-3H3. The van der Waals surface area contributed by atoms with Gasteiger partial charge >= 0.3 is 0 Å². The molecule has 1 aromatic carbocycles. The second kappa shape index (κ2) is 5.59. The van der Waals surface area contributed by atoms with Crippen LogP contribution in [0.25, 0.3) is 0 Å². The zero-order chi connectivity index (χ0) is 13.2. The van der Waals surface area contributed by atoms with Crippen LogP contribution in [-0.2, 0) is 14.8 Å². The highest BCUT2D eigenvalue weighted by Gasteiger charge is 2.16. The largest absolute Gasteiger partial charge is 0.496 e. The number of halogens is 2. The van der Waals surface area contributed by atoms with Gasteiger partial charge in [0.05, 0.1) is 17.3 Å². The minimum atomic E-state index is -3.58. The lowest BCUT2D eigenvalue weighted by molar-refractivity contribution is 0.411. The van der Waals surface area contributed by atoms with Gasteiger partial charge in [-0.05, 0) is 39.0 Å². The first kappa shape index (κ1) is 14.8. The summed E-state index contributed by atoms with van der Waals surface area (Å²) in [6, 6.07) is 3.72. The molecule has 17 heavy (non-hydrogen) atoms. The molecule has 0 aliphatic carbocycles. The first-order chi connectivity index (χ1) is 7.74. The maximum absolute atomic E-state index is 11.1. The van der Waals surface area contributed by atoms with E-state index in [-0.39, 0.29) is 11.7 Å². The predicted octanol–water partition coefficient (Wildman–Crippen LogP) is 3.65. The van der Waals surface area contributed by atoms with Gasteiger partial charge in [-0.3, -0.25) is 0 Å². The van der Waals surface area contributed by atoms with Crippen molar-refractivity contribution in [1.82, 2.24) is 0 Å². The Kier molecular flexibility index (Phi) is 4.86. The Morgan fingerprint density at radius 3 is 2.41 bits per heavy atom. The quantitative estimate of drug-likeness (QED) is 0.785. The molecule has 0 fully saturated rings. The second-order valence-corrected chi connectivity index (χ2v) is 7.60. The normalized spacial score (nSPS) is 11.9. The van der Waals surface area contributed by atoms with Crippen molar-refractivity contribution in [2.24, 2.45) is 0 Å². The fraction of sp³-hybridized carbons (Fsp3) is 0.455. The Morgan fingerprint density at radius 1 is 1.41 bits per heavy atom. The topological polar surface area (TPSA) is 43.4 Å². The minimum absolute atomic E-state index is 0.216. The summed E-state index contributed by atoms with van der Waals surface area (Å²) in [6.07, 6.45) is 0. The molecule has 0 bridgehead atoms. The van der Waals surface area contributed by atoms with Crippen molar-refractivity contribution in [3.63, 3.8) is 0 Å². The molecule has 1 aromatic rings. The van der Waals surface area contributed by atoms with Crippen LogP contribution in [0.5, 0.6) is 5.75 Å². The number of rotatable bonds is 4. The molecule has 0 atom stereocenters. The van der Waals surface area contributed by atoms with Gasteiger partial charge in [0, 0.05) is 10.7 Å². The van der Waals surface area contributed by atoms with Gasteiger partial charge in [0.1, 0.15) is 5.75 Å². The Balaban J connectivity index is 3.32. The molecule has 0 amide bonds. The van der Waals surface area contributed by atoms with Gasteiger partial charge in [-0.15, -0.1) is 0 Å². The summed E-state index contributed by atoms with van der Waals surface area (Å²) in [4.78, 5) is 0. The molecular weight excluding hydrogens is 328 g/mol. The SMILES string of the molecule is COc1cc(C(C)C)cc(CS(=O)(=O)Cl)c1Br. The van der Waals surface area contributed by atoms with Gasteiger partial charge in [-0.1, -0.05) is 19.9 Å². The number of ether oxygens (including phenoxy) is 1. The Bertz CT molecular complexity index is 512. The maximum atomic E-state index is 11.1. The zero-order valence-electron chi connectivity index (χ0n) is 9.83. The summed E-state index contributed by atoms with van der Waals surface area (Å²) in [5.74, 6) is 0.687. The highest BCUT2D eigenvalue weighted by atomic mass is 79.9. The lowest BCUT2D eigenvalue weighted by atomic mass is 10.0. The van der Waals surface area contributed by atoms with Gasteiger partial charge in [0.25, 0.3) is 0 Å². The Labute approximate surface area is 115 Å². The van der Waals surface area contributed by atoms with E-state index in [1.54, 1.807) is 7.11 Å². The van der Waals surface area contributed by atoms with E-state index in [9.17, 15) is 8.42 Å². The van der Waals surface area contributed by atoms with Crippen LogP contribution < -0.4 is 4.74 Å². The van der Waals surface area contributed by atoms with Crippen molar-refractivity contribution < 1.29 is 13.2 Å². The summed E-state index contributed by atoms with van der Waals surface area (Å²) < 4.78 is 28.1. The van der Waals surface area contributed by atoms with Crippen LogP contribution >= 0.6 is 26.6 Å². The van der Waals surface area contributed by atoms with Crippen LogP contribution in [0.1, 0.15) is 30.9 Å². The van der Waals surface area contributed by atoms with E-state index in [1.807, 2.05) is 26.0 Å². The van der Waals surface area contributed by atoms with E-state index < -0.39 is 9.05 Å². The molecule has 96 valence electrons. The summed E-state index contributed by atoms with van der Waals surface area (Å²) in [5.41, 5.74) is 1.63. The predicted molar refractivity (Wildman–Crippen MR) is 73.3 cm³/mol. The minimum Gasteiger partial charge on any atom is -0.496 e. The summed E-state index contributed by atoms with van der Waals surface area (Å²) in [7, 11) is 3.24. The van der Waals surface area contributed by atoms with Crippen LogP contribution in [0.15, 0.2) is 16.6 Å². The van der Waals surface area contributed by atoms with E-state index in [0.717, 1.165) is 5.56 Å². The monoisotopic (exact) mass is 340 g/mol. The Morgan fingerprint density at radius 2 is 2.00 bits per heavy atom. The molecule has 0 unspecified atom stereocenters. The van der Waals surface area contributed by atoms with E-state index in [1.165, 1.54) is 0 Å². The van der Waals surface area contributed by atoms with Crippen LogP contribution in [-0.4, -0.2) is 15.5 Å². The van der Waals surface area contributed by atoms with Crippen molar-refractivity contribution in [1.29, 1.82) is 0 Å². The van der Waals surface area contributed by atoms with Crippen molar-refractivity contribution in [2.45, 2.75) is 25.5 Å². The number of methoxy groups -OCH3 is 1. The van der Waals surface area contributed by atoms with Crippen LogP contribution in [0, 0.1) is 0 Å². The molecular formula is C11H14BrClO3S. The van der Waals surface area contributed by atoms with Gasteiger partial charge in [-0.2, -0.15) is 0 Å². The smallest absolute Gasteiger partial charge is 0.236 e. The van der Waals surface area contributed by atoms with Crippen molar-refractivity contribution in [3.8, 4) is 5.75 Å². The highest BCUT2D eigenvalue weighted by molar-refractivity contribution is 9.10. The third-order valence-electron chi connectivity index (χ3n) is 2.35. The average molecular weight is 342 g/mol. The van der Waals surface area contributed by atoms with E-state index in [4.69, 9.17) is 15.4 Å². The van der Waals surface area contributed by atoms with Crippen LogP contribution in [0.4, 0.5) is 0 Å². The van der Waals surface area contributed by atoms with E-state index >= 15 is 0 Å². The molecule has 3 nitrogen and oxygen atoms in total. The lowest BCUT2D eigenvalue weighted by Gasteiger charge is -2.13. The maximum Gasteiger partial charge on any atom is 0.236 e. The van der Waals surface area contributed by atoms with Crippen LogP contribution in [0.3, 0.4) is 0 Å². The molecule has 0 aliphatic heterocycles. The fourth-order valence-electron chi connectivity index (χ4n) is 1.45. The molecule has 0 aliphatic rings. The lowest BCUT2D eigenvalue weighted by Crippen LogP contribution is -2.00. The van der Waals surface area contributed by atoms with Crippen molar-refractivity contribution >= 4 is 35.7 Å². The molecule has 0 spiro atoms. The van der Waals surface area contributed by atoms with E-state index in [2.05, 4.69) is 15.9 Å². The first-order valence-corrected chi connectivity index (χ1v) is 8.30. The number of hydrogen-bond acceptors (Lipinski definition) is 3. The van der Waals surface area contributed by atoms with Crippen molar-refractivity contribution in [3.05, 3.63) is 27.7 Å². The van der Waals surface area contributed by atoms with Gasteiger partial charge in [0.2, 0.25) is 9.05 Å². The second-order valence-electron chi connectivity index (χ2n) is 4.03. The number of benzene rings is 1. The van der Waals surface area contributed by atoms with Gasteiger partial charge in [0.15, 0.2) is 0 Å². The first-order valence-electron chi connectivity index (χ1n) is 5.03. The molecule has 0 saturated heterocycles. The molecule has 0 heterocycles. The molecule has 0 N–H and O–H groups in total. The summed E-state index contributed by atoms with van der Waals surface area (Å²) in [5, 5.41) is 0. The molecule has 0 saturated carbocycles. The van der Waals surface area contributed by atoms with Crippen molar-refractivity contribution in [2.75, 3.05) is 7.11 Å². The molecule has 6 heteroatoms. The van der Waals surface area contributed by atoms with Gasteiger partial charge < -0.3 is 4.74 Å². The van der Waals surface area contributed by atoms with Crippen LogP contribution in [0.2, 0.25) is 0 Å². The molecule has 0 radical (unpaired) electrons.